The van der Waals surface area contributed by atoms with E-state index in [1.807, 2.05) is 24.3 Å². The molecule has 0 aliphatic carbocycles. The molecule has 1 fully saturated rings. The topological polar surface area (TPSA) is 66.1 Å². The third-order valence-corrected chi connectivity index (χ3v) is 3.66. The van der Waals surface area contributed by atoms with Gasteiger partial charge in [-0.15, -0.1) is 12.4 Å². The third-order valence-electron chi connectivity index (χ3n) is 3.66. The Hall–Kier alpha value is -1.85. The number of hydrogen-bond acceptors (Lipinski definition) is 4. The summed E-state index contributed by atoms with van der Waals surface area (Å²) in [5.74, 6) is -0.109. The molecule has 1 aliphatic rings. The van der Waals surface area contributed by atoms with Crippen LogP contribution in [-0.4, -0.2) is 37.1 Å². The predicted octanol–water partition coefficient (Wildman–Crippen LogP) is 1.79. The van der Waals surface area contributed by atoms with Crippen molar-refractivity contribution < 1.29 is 4.79 Å². The lowest BCUT2D eigenvalue weighted by atomic mass is 10.1. The van der Waals surface area contributed by atoms with Gasteiger partial charge in [-0.1, -0.05) is 0 Å². The van der Waals surface area contributed by atoms with Crippen LogP contribution in [0.3, 0.4) is 0 Å². The second-order valence-corrected chi connectivity index (χ2v) is 4.97. The number of nitrogens with one attached hydrogen (secondary N) is 3. The van der Waals surface area contributed by atoms with Crippen LogP contribution in [0.4, 0.5) is 5.69 Å². The molecule has 2 heterocycles. The Bertz CT molecular complexity index is 641. The van der Waals surface area contributed by atoms with Crippen molar-refractivity contribution in [3.8, 4) is 0 Å². The van der Waals surface area contributed by atoms with Crippen molar-refractivity contribution in [1.29, 1.82) is 0 Å². The molecule has 1 aromatic heterocycles. The van der Waals surface area contributed by atoms with Crippen molar-refractivity contribution in [3.63, 3.8) is 0 Å². The predicted molar refractivity (Wildman–Crippen MR) is 87.3 cm³/mol. The Morgan fingerprint density at radius 2 is 2.24 bits per heavy atom. The van der Waals surface area contributed by atoms with Gasteiger partial charge < -0.3 is 16.0 Å². The van der Waals surface area contributed by atoms with Gasteiger partial charge in [-0.3, -0.25) is 9.78 Å². The first-order chi connectivity index (χ1) is 9.79. The van der Waals surface area contributed by atoms with Crippen molar-refractivity contribution in [2.45, 2.75) is 12.5 Å². The Balaban J connectivity index is 0.00000161. The van der Waals surface area contributed by atoms with Crippen LogP contribution in [0.25, 0.3) is 10.9 Å². The van der Waals surface area contributed by atoms with Crippen molar-refractivity contribution in [2.24, 2.45) is 0 Å². The first kappa shape index (κ1) is 15.5. The number of benzene rings is 1. The standard InChI is InChI=1S/C15H18N4O.ClH/c1-16-15(20)12-4-5-13(19-10-6-8-17-9-10)11-3-2-7-18-14(11)12;/h2-5,7,10,17,19H,6,8-9H2,1H3,(H,16,20);1H/t10-;/m0./s1. The lowest BCUT2D eigenvalue weighted by Crippen LogP contribution is -2.23. The summed E-state index contributed by atoms with van der Waals surface area (Å²) in [6, 6.07) is 8.13. The lowest BCUT2D eigenvalue weighted by Gasteiger charge is -2.16. The van der Waals surface area contributed by atoms with Gasteiger partial charge in [-0.2, -0.15) is 0 Å². The summed E-state index contributed by atoms with van der Waals surface area (Å²) in [5, 5.41) is 10.5. The first-order valence-corrected chi connectivity index (χ1v) is 6.86. The fourth-order valence-corrected chi connectivity index (χ4v) is 2.61. The van der Waals surface area contributed by atoms with Crippen LogP contribution < -0.4 is 16.0 Å². The second kappa shape index (κ2) is 6.74. The normalized spacial score (nSPS) is 17.3. The van der Waals surface area contributed by atoms with Gasteiger partial charge in [0.25, 0.3) is 5.91 Å². The van der Waals surface area contributed by atoms with Gasteiger partial charge in [0.2, 0.25) is 0 Å². The molecular formula is C15H19ClN4O. The number of pyridine rings is 1. The van der Waals surface area contributed by atoms with Crippen LogP contribution in [0.1, 0.15) is 16.8 Å². The molecule has 0 spiro atoms. The van der Waals surface area contributed by atoms with E-state index in [1.165, 1.54) is 0 Å². The summed E-state index contributed by atoms with van der Waals surface area (Å²) >= 11 is 0. The van der Waals surface area contributed by atoms with E-state index < -0.39 is 0 Å². The molecule has 3 N–H and O–H groups in total. The van der Waals surface area contributed by atoms with Crippen LogP contribution >= 0.6 is 12.4 Å². The van der Waals surface area contributed by atoms with Crippen LogP contribution in [0.5, 0.6) is 0 Å². The molecule has 1 saturated heterocycles. The molecule has 0 radical (unpaired) electrons. The minimum Gasteiger partial charge on any atom is -0.380 e. The van der Waals surface area contributed by atoms with E-state index in [4.69, 9.17) is 0 Å². The smallest absolute Gasteiger partial charge is 0.253 e. The number of rotatable bonds is 3. The van der Waals surface area contributed by atoms with Crippen LogP contribution in [0.2, 0.25) is 0 Å². The van der Waals surface area contributed by atoms with Gasteiger partial charge in [-0.05, 0) is 37.2 Å². The highest BCUT2D eigenvalue weighted by atomic mass is 35.5. The number of carbonyl (C=O) groups excluding carboxylic acids is 1. The Kier molecular flexibility index (Phi) is 4.98. The van der Waals surface area contributed by atoms with Crippen molar-refractivity contribution in [2.75, 3.05) is 25.5 Å². The van der Waals surface area contributed by atoms with Gasteiger partial charge in [0.15, 0.2) is 0 Å². The van der Waals surface area contributed by atoms with Crippen molar-refractivity contribution in [3.05, 3.63) is 36.0 Å². The number of hydrogen-bond donors (Lipinski definition) is 3. The second-order valence-electron chi connectivity index (χ2n) is 4.97. The molecule has 112 valence electrons. The van der Waals surface area contributed by atoms with Gasteiger partial charge in [0, 0.05) is 36.9 Å². The maximum atomic E-state index is 11.9. The Labute approximate surface area is 129 Å². The summed E-state index contributed by atoms with van der Waals surface area (Å²) in [7, 11) is 1.63. The third kappa shape index (κ3) is 3.09. The van der Waals surface area contributed by atoms with E-state index in [2.05, 4.69) is 20.9 Å². The highest BCUT2D eigenvalue weighted by Gasteiger charge is 2.17. The summed E-state index contributed by atoms with van der Waals surface area (Å²) in [6.07, 6.45) is 2.83. The summed E-state index contributed by atoms with van der Waals surface area (Å²) < 4.78 is 0. The zero-order valence-electron chi connectivity index (χ0n) is 11.8. The zero-order valence-corrected chi connectivity index (χ0v) is 12.7. The number of fused-ring (bicyclic) bond motifs is 1. The highest BCUT2D eigenvalue weighted by Crippen LogP contribution is 2.26. The molecule has 6 heteroatoms. The summed E-state index contributed by atoms with van der Waals surface area (Å²) in [4.78, 5) is 16.3. The van der Waals surface area contributed by atoms with E-state index in [1.54, 1.807) is 13.2 Å². The van der Waals surface area contributed by atoms with Crippen molar-refractivity contribution in [1.82, 2.24) is 15.6 Å². The lowest BCUT2D eigenvalue weighted by molar-refractivity contribution is 0.0964. The number of nitrogens with zero attached hydrogens (tertiary/aromatic N) is 1. The molecule has 21 heavy (non-hydrogen) atoms. The molecule has 1 aromatic carbocycles. The molecule has 2 aromatic rings. The molecule has 0 saturated carbocycles. The van der Waals surface area contributed by atoms with Gasteiger partial charge >= 0.3 is 0 Å². The van der Waals surface area contributed by atoms with Gasteiger partial charge in [0.05, 0.1) is 11.1 Å². The molecule has 0 unspecified atom stereocenters. The monoisotopic (exact) mass is 306 g/mol. The minimum absolute atomic E-state index is 0. The molecule has 1 atom stereocenters. The minimum atomic E-state index is -0.109. The summed E-state index contributed by atoms with van der Waals surface area (Å²) in [5.41, 5.74) is 2.38. The first-order valence-electron chi connectivity index (χ1n) is 6.86. The quantitative estimate of drug-likeness (QED) is 0.809. The fraction of sp³-hybridized carbons (Fsp3) is 0.333. The van der Waals surface area contributed by atoms with E-state index >= 15 is 0 Å². The van der Waals surface area contributed by atoms with E-state index in [0.29, 0.717) is 11.6 Å². The number of carbonyl (C=O) groups is 1. The van der Waals surface area contributed by atoms with Gasteiger partial charge in [-0.25, -0.2) is 0 Å². The van der Waals surface area contributed by atoms with E-state index in [-0.39, 0.29) is 18.3 Å². The van der Waals surface area contributed by atoms with Crippen molar-refractivity contribution >= 4 is 34.9 Å². The number of halogens is 1. The average molecular weight is 307 g/mol. The Morgan fingerprint density at radius 3 is 2.95 bits per heavy atom. The molecule has 1 aliphatic heterocycles. The van der Waals surface area contributed by atoms with E-state index in [0.717, 1.165) is 36.1 Å². The molecule has 5 nitrogen and oxygen atoms in total. The number of anilines is 1. The summed E-state index contributed by atoms with van der Waals surface area (Å²) in [6.45, 7) is 2.02. The van der Waals surface area contributed by atoms with Gasteiger partial charge in [0.1, 0.15) is 0 Å². The number of amides is 1. The fourth-order valence-electron chi connectivity index (χ4n) is 2.61. The molecular weight excluding hydrogens is 288 g/mol. The van der Waals surface area contributed by atoms with E-state index in [9.17, 15) is 4.79 Å². The zero-order chi connectivity index (χ0) is 13.9. The highest BCUT2D eigenvalue weighted by molar-refractivity contribution is 6.08. The average Bonchev–Trinajstić information content (AvgIpc) is 3.00. The maximum absolute atomic E-state index is 11.9. The Morgan fingerprint density at radius 1 is 1.38 bits per heavy atom. The largest absolute Gasteiger partial charge is 0.380 e. The van der Waals surface area contributed by atoms with Crippen LogP contribution in [0, 0.1) is 0 Å². The molecule has 3 rings (SSSR count). The maximum Gasteiger partial charge on any atom is 0.253 e. The molecule has 1 amide bonds. The van der Waals surface area contributed by atoms with Crippen LogP contribution in [0.15, 0.2) is 30.5 Å². The van der Waals surface area contributed by atoms with Crippen LogP contribution in [-0.2, 0) is 0 Å². The SMILES string of the molecule is CNC(=O)c1ccc(N[C@H]2CCNC2)c2cccnc12.Cl. The molecule has 0 bridgehead atoms. The number of aromatic nitrogens is 1.